The van der Waals surface area contributed by atoms with Crippen molar-refractivity contribution in [3.8, 4) is 0 Å². The molecule has 0 saturated carbocycles. The molecule has 0 spiro atoms. The number of aromatic nitrogens is 2. The van der Waals surface area contributed by atoms with E-state index in [4.69, 9.17) is 18.9 Å². The number of alkyl halides is 3. The molecule has 2 saturated heterocycles. The fourth-order valence-electron chi connectivity index (χ4n) is 3.15. The minimum atomic E-state index is -4.99. The number of rotatable bonds is 2. The molecule has 0 unspecified atom stereocenters. The van der Waals surface area contributed by atoms with Gasteiger partial charge in [0.1, 0.15) is 17.8 Å². The summed E-state index contributed by atoms with van der Waals surface area (Å²) in [5, 5.41) is 0. The van der Waals surface area contributed by atoms with Gasteiger partial charge in [0.2, 0.25) is 0 Å². The van der Waals surface area contributed by atoms with Crippen LogP contribution >= 0.6 is 0 Å². The van der Waals surface area contributed by atoms with Gasteiger partial charge in [-0.15, -0.1) is 0 Å². The van der Waals surface area contributed by atoms with Gasteiger partial charge in [0, 0.05) is 13.1 Å². The summed E-state index contributed by atoms with van der Waals surface area (Å²) >= 11 is 0. The van der Waals surface area contributed by atoms with Crippen LogP contribution in [0.2, 0.25) is 0 Å². The van der Waals surface area contributed by atoms with Crippen LogP contribution in [-0.4, -0.2) is 46.2 Å². The third kappa shape index (κ3) is 3.77. The van der Waals surface area contributed by atoms with Crippen LogP contribution in [0, 0.1) is 0 Å². The number of nitrogens with zero attached hydrogens (tertiary/aromatic N) is 1. The maximum absolute atomic E-state index is 13.0. The number of carbonyl (C=O) groups is 1. The number of H-pyrrole nitrogens is 1. The second-order valence-corrected chi connectivity index (χ2v) is 6.64. The Hall–Kier alpha value is -2.18. The highest BCUT2D eigenvalue weighted by molar-refractivity contribution is 5.66. The minimum absolute atomic E-state index is 0.122. The van der Waals surface area contributed by atoms with E-state index in [0.29, 0.717) is 10.8 Å². The summed E-state index contributed by atoms with van der Waals surface area (Å²) < 4.78 is 61.6. The van der Waals surface area contributed by atoms with Gasteiger partial charge >= 0.3 is 17.8 Å². The molecule has 4 atom stereocenters. The van der Waals surface area contributed by atoms with Gasteiger partial charge < -0.3 is 18.9 Å². The predicted octanol–water partition coefficient (Wildman–Crippen LogP) is 0.536. The average molecular weight is 394 g/mol. The predicted molar refractivity (Wildman–Crippen MR) is 80.7 cm³/mol. The van der Waals surface area contributed by atoms with Gasteiger partial charge in [-0.2, -0.15) is 13.2 Å². The van der Waals surface area contributed by atoms with Crippen LogP contribution in [0.3, 0.4) is 0 Å². The van der Waals surface area contributed by atoms with Gasteiger partial charge in [0.05, 0.1) is 6.61 Å². The maximum atomic E-state index is 13.0. The fourth-order valence-corrected chi connectivity index (χ4v) is 3.15. The van der Waals surface area contributed by atoms with Gasteiger partial charge in [-0.1, -0.05) is 0 Å². The zero-order valence-corrected chi connectivity index (χ0v) is 14.5. The molecular formula is C15H17F3N2O7. The first-order valence-electron chi connectivity index (χ1n) is 7.96. The first kappa shape index (κ1) is 19.6. The van der Waals surface area contributed by atoms with Gasteiger partial charge in [-0.3, -0.25) is 19.1 Å². The van der Waals surface area contributed by atoms with Crippen molar-refractivity contribution in [3.63, 3.8) is 0 Å². The number of esters is 1. The monoisotopic (exact) mass is 394 g/mol. The molecule has 2 aliphatic heterocycles. The summed E-state index contributed by atoms with van der Waals surface area (Å²) in [6.07, 6.45) is -8.90. The lowest BCUT2D eigenvalue weighted by Crippen LogP contribution is -2.53. The third-order valence-corrected chi connectivity index (χ3v) is 4.11. The van der Waals surface area contributed by atoms with E-state index >= 15 is 0 Å². The first-order valence-corrected chi connectivity index (χ1v) is 7.96. The fraction of sp³-hybridized carbons (Fsp3) is 0.667. The van der Waals surface area contributed by atoms with Crippen LogP contribution in [-0.2, 0) is 29.9 Å². The Kier molecular flexibility index (Phi) is 4.68. The molecule has 150 valence electrons. The zero-order chi connectivity index (χ0) is 20.1. The van der Waals surface area contributed by atoms with Gasteiger partial charge in [0.25, 0.3) is 5.56 Å². The molecule has 2 fully saturated rings. The standard InChI is InChI=1S/C15H17F3N2O7/c1-6(21)25-10-9-8(26-14(2,3)27-9)5-24-12(10)20-4-7(15(16,17)18)11(22)19-13(20)23/h4,8-10,12H,5H2,1-3H3,(H,19,22,23)/t8-,9-,10+,12+/m1/s1. The van der Waals surface area contributed by atoms with Crippen LogP contribution in [0.1, 0.15) is 32.6 Å². The third-order valence-electron chi connectivity index (χ3n) is 4.11. The summed E-state index contributed by atoms with van der Waals surface area (Å²) in [7, 11) is 0. The summed E-state index contributed by atoms with van der Waals surface area (Å²) in [5.41, 5.74) is -4.31. The molecule has 2 aliphatic rings. The van der Waals surface area contributed by atoms with Crippen molar-refractivity contribution in [1.82, 2.24) is 9.55 Å². The SMILES string of the molecule is CC(=O)O[C@H]1[C@@H]2OC(C)(C)O[C@@H]2CO[C@@H]1n1cc(C(F)(F)F)c(=O)[nH]c1=O. The van der Waals surface area contributed by atoms with Crippen molar-refractivity contribution in [2.75, 3.05) is 6.61 Å². The molecule has 0 radical (unpaired) electrons. The summed E-state index contributed by atoms with van der Waals surface area (Å²) in [6.45, 7) is 4.19. The molecule has 12 heteroatoms. The molecule has 27 heavy (non-hydrogen) atoms. The Morgan fingerprint density at radius 1 is 1.33 bits per heavy atom. The number of ether oxygens (including phenoxy) is 4. The largest absolute Gasteiger partial charge is 0.455 e. The van der Waals surface area contributed by atoms with Crippen LogP contribution in [0.4, 0.5) is 13.2 Å². The maximum Gasteiger partial charge on any atom is 0.423 e. The number of carbonyl (C=O) groups excluding carboxylic acids is 1. The number of hydrogen-bond donors (Lipinski definition) is 1. The molecule has 9 nitrogen and oxygen atoms in total. The lowest BCUT2D eigenvalue weighted by atomic mass is 10.0. The Labute approximate surface area is 150 Å². The normalized spacial score (nSPS) is 30.0. The van der Waals surface area contributed by atoms with E-state index in [9.17, 15) is 27.6 Å². The first-order chi connectivity index (χ1) is 12.4. The van der Waals surface area contributed by atoms with Crippen LogP contribution < -0.4 is 11.2 Å². The van der Waals surface area contributed by atoms with Crippen molar-refractivity contribution in [3.05, 3.63) is 32.6 Å². The second kappa shape index (κ2) is 6.46. The van der Waals surface area contributed by atoms with Crippen molar-refractivity contribution in [2.45, 2.75) is 57.3 Å². The molecule has 1 N–H and O–H groups in total. The lowest BCUT2D eigenvalue weighted by molar-refractivity contribution is -0.206. The molecule has 3 heterocycles. The molecule has 0 amide bonds. The molecule has 0 bridgehead atoms. The zero-order valence-electron chi connectivity index (χ0n) is 14.5. The average Bonchev–Trinajstić information content (AvgIpc) is 2.81. The second-order valence-electron chi connectivity index (χ2n) is 6.64. The Morgan fingerprint density at radius 2 is 2.00 bits per heavy atom. The molecule has 1 aromatic rings. The van der Waals surface area contributed by atoms with E-state index < -0.39 is 59.3 Å². The van der Waals surface area contributed by atoms with E-state index in [-0.39, 0.29) is 6.61 Å². The van der Waals surface area contributed by atoms with E-state index in [1.165, 1.54) is 0 Å². The quantitative estimate of drug-likeness (QED) is 0.729. The molecule has 0 aromatic carbocycles. The molecule has 1 aromatic heterocycles. The highest BCUT2D eigenvalue weighted by atomic mass is 19.4. The van der Waals surface area contributed by atoms with E-state index in [0.717, 1.165) is 6.92 Å². The van der Waals surface area contributed by atoms with Crippen molar-refractivity contribution in [1.29, 1.82) is 0 Å². The van der Waals surface area contributed by atoms with Gasteiger partial charge in [0.15, 0.2) is 18.1 Å². The Balaban J connectivity index is 2.06. The molecule has 3 rings (SSSR count). The number of halogens is 3. The van der Waals surface area contributed by atoms with E-state index in [1.807, 2.05) is 0 Å². The van der Waals surface area contributed by atoms with Crippen molar-refractivity contribution in [2.24, 2.45) is 0 Å². The Morgan fingerprint density at radius 3 is 2.59 bits per heavy atom. The number of fused-ring (bicyclic) bond motifs is 1. The van der Waals surface area contributed by atoms with E-state index in [1.54, 1.807) is 18.8 Å². The number of nitrogens with one attached hydrogen (secondary N) is 1. The number of hydrogen-bond acceptors (Lipinski definition) is 7. The van der Waals surface area contributed by atoms with Crippen LogP contribution in [0.25, 0.3) is 0 Å². The summed E-state index contributed by atoms with van der Waals surface area (Å²) in [4.78, 5) is 36.7. The highest BCUT2D eigenvalue weighted by Crippen LogP contribution is 2.38. The van der Waals surface area contributed by atoms with Gasteiger partial charge in [-0.25, -0.2) is 4.79 Å². The highest BCUT2D eigenvalue weighted by Gasteiger charge is 2.53. The smallest absolute Gasteiger partial charge is 0.423 e. The lowest BCUT2D eigenvalue weighted by Gasteiger charge is -2.37. The minimum Gasteiger partial charge on any atom is -0.455 e. The van der Waals surface area contributed by atoms with E-state index in [2.05, 4.69) is 0 Å². The topological polar surface area (TPSA) is 109 Å². The van der Waals surface area contributed by atoms with Crippen molar-refractivity contribution >= 4 is 5.97 Å². The van der Waals surface area contributed by atoms with Crippen LogP contribution in [0.5, 0.6) is 0 Å². The molecular weight excluding hydrogens is 377 g/mol. The van der Waals surface area contributed by atoms with Gasteiger partial charge in [-0.05, 0) is 13.8 Å². The van der Waals surface area contributed by atoms with Crippen LogP contribution in [0.15, 0.2) is 15.8 Å². The molecule has 0 aliphatic carbocycles. The number of aromatic amines is 1. The Bertz CT molecular complexity index is 860. The summed E-state index contributed by atoms with van der Waals surface area (Å²) in [5.74, 6) is -1.80. The van der Waals surface area contributed by atoms with Crippen molar-refractivity contribution < 1.29 is 36.9 Å². The summed E-state index contributed by atoms with van der Waals surface area (Å²) in [6, 6.07) is 0.